The van der Waals surface area contributed by atoms with Crippen molar-refractivity contribution in [2.24, 2.45) is 0 Å². The summed E-state index contributed by atoms with van der Waals surface area (Å²) in [6.07, 6.45) is 2.93. The molecule has 78 valence electrons. The average molecular weight is 207 g/mol. The predicted octanol–water partition coefficient (Wildman–Crippen LogP) is 0.574. The Kier molecular flexibility index (Phi) is 2.34. The van der Waals surface area contributed by atoms with E-state index in [4.69, 9.17) is 9.84 Å². The first kappa shape index (κ1) is 9.60. The van der Waals surface area contributed by atoms with Crippen molar-refractivity contribution >= 4 is 11.6 Å². The second-order valence-electron chi connectivity index (χ2n) is 2.98. The lowest BCUT2D eigenvalue weighted by Crippen LogP contribution is -2.00. The number of carboxylic acid groups (broad SMARTS) is 1. The number of aromatic carboxylic acids is 1. The van der Waals surface area contributed by atoms with E-state index >= 15 is 0 Å². The molecule has 0 spiro atoms. The van der Waals surface area contributed by atoms with Gasteiger partial charge in [-0.25, -0.2) is 14.3 Å². The number of hydrogen-bond acceptors (Lipinski definition) is 4. The maximum atomic E-state index is 10.8. The lowest BCUT2D eigenvalue weighted by atomic mass is 10.3. The molecule has 6 heteroatoms. The second-order valence-corrected chi connectivity index (χ2v) is 2.98. The summed E-state index contributed by atoms with van der Waals surface area (Å²) in [4.78, 5) is 15.0. The van der Waals surface area contributed by atoms with E-state index in [1.165, 1.54) is 10.7 Å². The van der Waals surface area contributed by atoms with Crippen molar-refractivity contribution in [2.75, 3.05) is 7.11 Å². The summed E-state index contributed by atoms with van der Waals surface area (Å²) >= 11 is 0. The first-order chi connectivity index (χ1) is 7.22. The van der Waals surface area contributed by atoms with Crippen LogP contribution in [0.3, 0.4) is 0 Å². The Morgan fingerprint density at radius 2 is 2.47 bits per heavy atom. The van der Waals surface area contributed by atoms with Gasteiger partial charge in [0.05, 0.1) is 18.5 Å². The van der Waals surface area contributed by atoms with Gasteiger partial charge in [0.2, 0.25) is 0 Å². The van der Waals surface area contributed by atoms with Crippen LogP contribution < -0.4 is 0 Å². The number of hydrogen-bond donors (Lipinski definition) is 1. The minimum Gasteiger partial charge on any atom is -0.477 e. The Hall–Kier alpha value is -1.95. The monoisotopic (exact) mass is 207 g/mol. The molecule has 0 radical (unpaired) electrons. The molecule has 0 aliphatic rings. The van der Waals surface area contributed by atoms with Crippen LogP contribution in [0.5, 0.6) is 0 Å². The quantitative estimate of drug-likeness (QED) is 0.796. The minimum atomic E-state index is -1.04. The van der Waals surface area contributed by atoms with Gasteiger partial charge in [0.15, 0.2) is 5.65 Å². The van der Waals surface area contributed by atoms with Gasteiger partial charge in [-0.15, -0.1) is 0 Å². The minimum absolute atomic E-state index is 0.0907. The smallest absolute Gasteiger partial charge is 0.341 e. The van der Waals surface area contributed by atoms with Crippen LogP contribution in [-0.4, -0.2) is 32.8 Å². The highest BCUT2D eigenvalue weighted by Crippen LogP contribution is 2.09. The van der Waals surface area contributed by atoms with Crippen molar-refractivity contribution < 1.29 is 14.6 Å². The van der Waals surface area contributed by atoms with Gasteiger partial charge in [-0.2, -0.15) is 5.10 Å². The van der Waals surface area contributed by atoms with Crippen molar-refractivity contribution in [3.63, 3.8) is 0 Å². The number of carbonyl (C=O) groups is 1. The highest BCUT2D eigenvalue weighted by molar-refractivity contribution is 5.94. The first-order valence-corrected chi connectivity index (χ1v) is 4.28. The molecule has 2 rings (SSSR count). The van der Waals surface area contributed by atoms with Crippen LogP contribution in [0.4, 0.5) is 0 Å². The van der Waals surface area contributed by atoms with Crippen molar-refractivity contribution in [2.45, 2.75) is 6.61 Å². The third kappa shape index (κ3) is 1.66. The van der Waals surface area contributed by atoms with Crippen LogP contribution in [0.1, 0.15) is 16.1 Å². The molecule has 0 atom stereocenters. The van der Waals surface area contributed by atoms with Gasteiger partial charge in [-0.1, -0.05) is 0 Å². The van der Waals surface area contributed by atoms with Crippen molar-refractivity contribution in [1.29, 1.82) is 0 Å². The lowest BCUT2D eigenvalue weighted by molar-refractivity contribution is 0.0698. The molecule has 0 unspecified atom stereocenters. The third-order valence-corrected chi connectivity index (χ3v) is 1.95. The molecule has 2 heterocycles. The highest BCUT2D eigenvalue weighted by Gasteiger charge is 2.12. The molecule has 0 fully saturated rings. The summed E-state index contributed by atoms with van der Waals surface area (Å²) < 4.78 is 6.33. The summed E-state index contributed by atoms with van der Waals surface area (Å²) in [5.74, 6) is -1.04. The number of methoxy groups -OCH3 is 1. The maximum absolute atomic E-state index is 10.8. The summed E-state index contributed by atoms with van der Waals surface area (Å²) in [7, 11) is 1.56. The summed E-state index contributed by atoms with van der Waals surface area (Å²) in [6, 6.07) is 1.73. The van der Waals surface area contributed by atoms with Crippen molar-refractivity contribution in [3.8, 4) is 0 Å². The van der Waals surface area contributed by atoms with Gasteiger partial charge < -0.3 is 9.84 Å². The largest absolute Gasteiger partial charge is 0.477 e. The Morgan fingerprint density at radius 3 is 3.13 bits per heavy atom. The molecule has 0 aliphatic carbocycles. The number of nitrogens with zero attached hydrogens (tertiary/aromatic N) is 3. The molecule has 6 nitrogen and oxygen atoms in total. The van der Waals surface area contributed by atoms with Gasteiger partial charge in [-0.3, -0.25) is 0 Å². The van der Waals surface area contributed by atoms with Gasteiger partial charge in [-0.05, 0) is 6.07 Å². The van der Waals surface area contributed by atoms with E-state index in [9.17, 15) is 4.79 Å². The zero-order valence-electron chi connectivity index (χ0n) is 8.04. The second kappa shape index (κ2) is 3.66. The zero-order valence-corrected chi connectivity index (χ0v) is 8.04. The molecule has 2 aromatic rings. The van der Waals surface area contributed by atoms with Crippen LogP contribution >= 0.6 is 0 Å². The Bertz CT molecular complexity index is 506. The fourth-order valence-corrected chi connectivity index (χ4v) is 1.29. The van der Waals surface area contributed by atoms with E-state index in [0.29, 0.717) is 17.9 Å². The van der Waals surface area contributed by atoms with E-state index in [-0.39, 0.29) is 5.56 Å². The number of rotatable bonds is 3. The molecule has 0 aliphatic heterocycles. The molecule has 0 amide bonds. The SMILES string of the molecule is COCc1ccn2ncc(C(=O)O)c2n1. The lowest BCUT2D eigenvalue weighted by Gasteiger charge is -1.99. The van der Waals surface area contributed by atoms with E-state index in [1.807, 2.05) is 0 Å². The van der Waals surface area contributed by atoms with Crippen LogP contribution in [0.25, 0.3) is 5.65 Å². The predicted molar refractivity (Wildman–Crippen MR) is 50.7 cm³/mol. The van der Waals surface area contributed by atoms with E-state index in [2.05, 4.69) is 10.1 Å². The van der Waals surface area contributed by atoms with Gasteiger partial charge >= 0.3 is 5.97 Å². The Labute approximate surface area is 85.1 Å². The molecule has 2 aromatic heterocycles. The summed E-state index contributed by atoms with van der Waals surface area (Å²) in [6.45, 7) is 0.348. The molecule has 15 heavy (non-hydrogen) atoms. The Morgan fingerprint density at radius 1 is 1.67 bits per heavy atom. The fraction of sp³-hybridized carbons (Fsp3) is 0.222. The molecule has 0 bridgehead atoms. The molecular weight excluding hydrogens is 198 g/mol. The molecule has 0 saturated heterocycles. The van der Waals surface area contributed by atoms with Crippen LogP contribution in [0.15, 0.2) is 18.5 Å². The number of ether oxygens (including phenoxy) is 1. The topological polar surface area (TPSA) is 76.7 Å². The molecular formula is C9H9N3O3. The van der Waals surface area contributed by atoms with E-state index < -0.39 is 5.97 Å². The number of aromatic nitrogens is 3. The summed E-state index contributed by atoms with van der Waals surface area (Å²) in [5.41, 5.74) is 1.10. The zero-order chi connectivity index (χ0) is 10.8. The molecule has 0 aromatic carbocycles. The molecule has 0 saturated carbocycles. The van der Waals surface area contributed by atoms with Crippen molar-refractivity contribution in [3.05, 3.63) is 29.7 Å². The third-order valence-electron chi connectivity index (χ3n) is 1.95. The van der Waals surface area contributed by atoms with E-state index in [0.717, 1.165) is 0 Å². The Balaban J connectivity index is 2.56. The van der Waals surface area contributed by atoms with Crippen LogP contribution in [0.2, 0.25) is 0 Å². The van der Waals surface area contributed by atoms with Gasteiger partial charge in [0, 0.05) is 13.3 Å². The normalized spacial score (nSPS) is 10.7. The van der Waals surface area contributed by atoms with Crippen LogP contribution in [0, 0.1) is 0 Å². The summed E-state index contributed by atoms with van der Waals surface area (Å²) in [5, 5.41) is 12.7. The maximum Gasteiger partial charge on any atom is 0.341 e. The number of carboxylic acids is 1. The van der Waals surface area contributed by atoms with E-state index in [1.54, 1.807) is 19.4 Å². The average Bonchev–Trinajstić information content (AvgIpc) is 2.61. The standard InChI is InChI=1S/C9H9N3O3/c1-15-5-6-2-3-12-8(11-6)7(4-10-12)9(13)14/h2-4H,5H2,1H3,(H,13,14). The first-order valence-electron chi connectivity index (χ1n) is 4.28. The van der Waals surface area contributed by atoms with Crippen LogP contribution in [-0.2, 0) is 11.3 Å². The van der Waals surface area contributed by atoms with Gasteiger partial charge in [0.25, 0.3) is 0 Å². The van der Waals surface area contributed by atoms with Gasteiger partial charge in [0.1, 0.15) is 5.56 Å². The highest BCUT2D eigenvalue weighted by atomic mass is 16.5. The number of fused-ring (bicyclic) bond motifs is 1. The molecule has 1 N–H and O–H groups in total. The van der Waals surface area contributed by atoms with Crippen molar-refractivity contribution in [1.82, 2.24) is 14.6 Å². The fourth-order valence-electron chi connectivity index (χ4n) is 1.29.